The minimum atomic E-state index is 0.564. The number of hydrogen-bond donors (Lipinski definition) is 0. The number of nitrogens with zero attached hydrogens (tertiary/aromatic N) is 2. The highest BCUT2D eigenvalue weighted by molar-refractivity contribution is 6.31. The zero-order valence-corrected chi connectivity index (χ0v) is 8.57. The third-order valence-electron chi connectivity index (χ3n) is 1.75. The van der Waals surface area contributed by atoms with E-state index >= 15 is 0 Å². The predicted molar refractivity (Wildman–Crippen MR) is 59.5 cm³/mol. The highest BCUT2D eigenvalue weighted by atomic mass is 35.5. The Morgan fingerprint density at radius 1 is 1.07 bits per heavy atom. The zero-order chi connectivity index (χ0) is 10.5. The van der Waals surface area contributed by atoms with Gasteiger partial charge in [0.1, 0.15) is 5.69 Å². The van der Waals surface area contributed by atoms with Gasteiger partial charge in [-0.05, 0) is 30.2 Å². The maximum Gasteiger partial charge on any atom is 0.132 e. The first-order valence-electron chi connectivity index (χ1n) is 4.39. The van der Waals surface area contributed by atoms with Crippen LogP contribution in [0.25, 0.3) is 0 Å². The predicted octanol–water partition coefficient (Wildman–Crippen LogP) is 2.53. The van der Waals surface area contributed by atoms with E-state index in [1.54, 1.807) is 30.7 Å². The molecule has 0 saturated carbocycles. The molecule has 3 heteroatoms. The molecular weight excluding hydrogens is 208 g/mol. The number of pyridine rings is 2. The van der Waals surface area contributed by atoms with E-state index < -0.39 is 0 Å². The first-order chi connectivity index (χ1) is 7.36. The van der Waals surface area contributed by atoms with Gasteiger partial charge in [-0.25, -0.2) is 4.98 Å². The molecule has 2 aromatic rings. The molecule has 0 unspecified atom stereocenters. The van der Waals surface area contributed by atoms with Crippen LogP contribution in [0.2, 0.25) is 5.02 Å². The van der Waals surface area contributed by atoms with Crippen LogP contribution in [0.3, 0.4) is 0 Å². The average Bonchev–Trinajstić information content (AvgIpc) is 2.29. The van der Waals surface area contributed by atoms with Crippen LogP contribution in [0.15, 0.2) is 42.9 Å². The summed E-state index contributed by atoms with van der Waals surface area (Å²) in [6.07, 6.45) is 5.07. The Morgan fingerprint density at radius 2 is 1.93 bits per heavy atom. The average molecular weight is 215 g/mol. The van der Waals surface area contributed by atoms with Crippen molar-refractivity contribution in [3.63, 3.8) is 0 Å². The standard InChI is InChI=1S/C12H7ClN2/c13-11-4-2-8-15-12(11)6-5-10-3-1-7-14-9-10/h1-4,7-9H. The topological polar surface area (TPSA) is 25.8 Å². The minimum Gasteiger partial charge on any atom is -0.263 e. The van der Waals surface area contributed by atoms with Crippen LogP contribution in [0.4, 0.5) is 0 Å². The first-order valence-corrected chi connectivity index (χ1v) is 4.76. The van der Waals surface area contributed by atoms with Gasteiger partial charge >= 0.3 is 0 Å². The molecule has 0 fully saturated rings. The fourth-order valence-electron chi connectivity index (χ4n) is 1.05. The molecule has 0 bridgehead atoms. The van der Waals surface area contributed by atoms with Crippen molar-refractivity contribution in [3.05, 3.63) is 59.1 Å². The molecule has 0 amide bonds. The van der Waals surface area contributed by atoms with Crippen molar-refractivity contribution in [2.75, 3.05) is 0 Å². The van der Waals surface area contributed by atoms with Crippen LogP contribution in [0.1, 0.15) is 11.3 Å². The van der Waals surface area contributed by atoms with E-state index in [9.17, 15) is 0 Å². The third kappa shape index (κ3) is 2.55. The van der Waals surface area contributed by atoms with E-state index in [-0.39, 0.29) is 0 Å². The van der Waals surface area contributed by atoms with Crippen molar-refractivity contribution in [2.45, 2.75) is 0 Å². The molecule has 0 aliphatic carbocycles. The van der Waals surface area contributed by atoms with Crippen molar-refractivity contribution in [2.24, 2.45) is 0 Å². The molecule has 0 aromatic carbocycles. The van der Waals surface area contributed by atoms with E-state index in [1.807, 2.05) is 12.1 Å². The SMILES string of the molecule is Clc1cccnc1C#Cc1cccnc1. The summed E-state index contributed by atoms with van der Waals surface area (Å²) < 4.78 is 0. The zero-order valence-electron chi connectivity index (χ0n) is 7.81. The summed E-state index contributed by atoms with van der Waals surface area (Å²) in [5.41, 5.74) is 1.43. The number of hydrogen-bond acceptors (Lipinski definition) is 2. The van der Waals surface area contributed by atoms with Crippen LogP contribution in [-0.2, 0) is 0 Å². The summed E-state index contributed by atoms with van der Waals surface area (Å²) >= 11 is 5.91. The van der Waals surface area contributed by atoms with Crippen molar-refractivity contribution in [1.29, 1.82) is 0 Å². The molecule has 0 N–H and O–H groups in total. The monoisotopic (exact) mass is 214 g/mol. The summed E-state index contributed by atoms with van der Waals surface area (Å²) in [5.74, 6) is 5.84. The molecule has 0 aliphatic heterocycles. The minimum absolute atomic E-state index is 0.564. The van der Waals surface area contributed by atoms with E-state index in [4.69, 9.17) is 11.6 Å². The molecule has 0 radical (unpaired) electrons. The first kappa shape index (κ1) is 9.70. The van der Waals surface area contributed by atoms with Gasteiger partial charge in [-0.2, -0.15) is 0 Å². The third-order valence-corrected chi connectivity index (χ3v) is 2.05. The number of rotatable bonds is 0. The number of aromatic nitrogens is 2. The Kier molecular flexibility index (Phi) is 2.96. The Morgan fingerprint density at radius 3 is 2.67 bits per heavy atom. The molecule has 72 valence electrons. The van der Waals surface area contributed by atoms with Crippen LogP contribution >= 0.6 is 11.6 Å². The summed E-state index contributed by atoms with van der Waals surface area (Å²) in [5, 5.41) is 0.564. The van der Waals surface area contributed by atoms with Gasteiger partial charge in [-0.3, -0.25) is 4.98 Å². The summed E-state index contributed by atoms with van der Waals surface area (Å²) in [7, 11) is 0. The van der Waals surface area contributed by atoms with E-state index in [0.717, 1.165) is 5.56 Å². The molecule has 2 rings (SSSR count). The summed E-state index contributed by atoms with van der Waals surface area (Å²) in [4.78, 5) is 8.03. The molecule has 0 atom stereocenters. The fraction of sp³-hybridized carbons (Fsp3) is 0. The van der Waals surface area contributed by atoms with Gasteiger partial charge < -0.3 is 0 Å². The highest BCUT2D eigenvalue weighted by Crippen LogP contribution is 2.10. The van der Waals surface area contributed by atoms with Crippen LogP contribution in [0.5, 0.6) is 0 Å². The highest BCUT2D eigenvalue weighted by Gasteiger charge is 1.94. The van der Waals surface area contributed by atoms with Crippen molar-refractivity contribution >= 4 is 11.6 Å². The van der Waals surface area contributed by atoms with Crippen LogP contribution < -0.4 is 0 Å². The Hall–Kier alpha value is -1.85. The molecule has 2 heterocycles. The lowest BCUT2D eigenvalue weighted by Gasteiger charge is -1.91. The van der Waals surface area contributed by atoms with E-state index in [0.29, 0.717) is 10.7 Å². The van der Waals surface area contributed by atoms with Crippen LogP contribution in [0, 0.1) is 11.8 Å². The van der Waals surface area contributed by atoms with Crippen molar-refractivity contribution in [1.82, 2.24) is 9.97 Å². The van der Waals surface area contributed by atoms with Gasteiger partial charge in [-0.1, -0.05) is 17.5 Å². The second-order valence-corrected chi connectivity index (χ2v) is 3.23. The fourth-order valence-corrected chi connectivity index (χ4v) is 1.21. The Labute approximate surface area is 93.0 Å². The van der Waals surface area contributed by atoms with Gasteiger partial charge in [0.2, 0.25) is 0 Å². The lowest BCUT2D eigenvalue weighted by atomic mass is 10.2. The van der Waals surface area contributed by atoms with Crippen molar-refractivity contribution in [3.8, 4) is 11.8 Å². The van der Waals surface area contributed by atoms with Crippen LogP contribution in [-0.4, -0.2) is 9.97 Å². The summed E-state index contributed by atoms with van der Waals surface area (Å²) in [6.45, 7) is 0. The lowest BCUT2D eigenvalue weighted by Crippen LogP contribution is -1.82. The van der Waals surface area contributed by atoms with E-state index in [2.05, 4.69) is 21.8 Å². The molecule has 0 aliphatic rings. The van der Waals surface area contributed by atoms with Gasteiger partial charge in [-0.15, -0.1) is 0 Å². The number of halogens is 1. The second-order valence-electron chi connectivity index (χ2n) is 2.83. The molecule has 0 saturated heterocycles. The van der Waals surface area contributed by atoms with Gasteiger partial charge in [0.25, 0.3) is 0 Å². The Balaban J connectivity index is 2.31. The van der Waals surface area contributed by atoms with E-state index in [1.165, 1.54) is 0 Å². The quantitative estimate of drug-likeness (QED) is 0.630. The van der Waals surface area contributed by atoms with Gasteiger partial charge in [0, 0.05) is 24.2 Å². The molecular formula is C12H7ClN2. The van der Waals surface area contributed by atoms with Gasteiger partial charge in [0.15, 0.2) is 0 Å². The smallest absolute Gasteiger partial charge is 0.132 e. The molecule has 15 heavy (non-hydrogen) atoms. The second kappa shape index (κ2) is 4.59. The Bertz CT molecular complexity index is 512. The normalized spacial score (nSPS) is 9.13. The maximum absolute atomic E-state index is 5.91. The lowest BCUT2D eigenvalue weighted by molar-refractivity contribution is 1.28. The molecule has 2 nitrogen and oxygen atoms in total. The molecule has 0 spiro atoms. The summed E-state index contributed by atoms with van der Waals surface area (Å²) in [6, 6.07) is 7.26. The largest absolute Gasteiger partial charge is 0.263 e. The molecule has 2 aromatic heterocycles. The van der Waals surface area contributed by atoms with Crippen molar-refractivity contribution < 1.29 is 0 Å². The maximum atomic E-state index is 5.91. The van der Waals surface area contributed by atoms with Gasteiger partial charge in [0.05, 0.1) is 5.02 Å².